The van der Waals surface area contributed by atoms with Crippen LogP contribution in [0.4, 0.5) is 36.7 Å². The highest BCUT2D eigenvalue weighted by Gasteiger charge is 2.25. The van der Waals surface area contributed by atoms with Gasteiger partial charge < -0.3 is 105 Å². The Morgan fingerprint density at radius 3 is 0.911 bits per heavy atom. The first-order valence-corrected chi connectivity index (χ1v) is 36.3. The number of unbranched alkanes of at least 4 members (excludes halogenated alkanes) is 8. The predicted octanol–water partition coefficient (Wildman–Crippen LogP) is 0.618. The van der Waals surface area contributed by atoms with E-state index >= 15 is 0 Å². The summed E-state index contributed by atoms with van der Waals surface area (Å²) in [6, 6.07) is -0.450. The molecule has 4 aromatic rings. The Morgan fingerprint density at radius 1 is 0.323 bits per heavy atom. The number of urea groups is 4. The van der Waals surface area contributed by atoms with E-state index in [1.54, 1.807) is 0 Å². The molecule has 0 radical (unpaired) electrons. The molecule has 124 heavy (non-hydrogen) atoms. The molecule has 12 amide bonds. The number of hydrogen-bond acceptors (Lipinski definition) is 28. The van der Waals surface area contributed by atoms with Crippen molar-refractivity contribution in [2.24, 2.45) is 0 Å². The number of halogens is 4. The van der Waals surface area contributed by atoms with Crippen LogP contribution in [0, 0.1) is 23.5 Å². The van der Waals surface area contributed by atoms with Gasteiger partial charge in [-0.05, 0) is 139 Å². The lowest BCUT2D eigenvalue weighted by molar-refractivity contribution is -0.193. The summed E-state index contributed by atoms with van der Waals surface area (Å²) in [4.78, 5) is 258. The maximum absolute atomic E-state index is 13.4. The molecule has 20 N–H and O–H groups in total. The summed E-state index contributed by atoms with van der Waals surface area (Å²) in [6.45, 7) is 2.58. The monoisotopic (exact) mass is 1760 g/mol. The molecule has 48 nitrogen and oxygen atoms in total. The third-order valence-corrected chi connectivity index (χ3v) is 14.7. The van der Waals surface area contributed by atoms with E-state index in [4.69, 9.17) is 79.2 Å². The number of hydrogen-bond donors (Lipinski definition) is 20. The standard InChI is InChI=1S/4C17H23FN4O6.4CO2/c18-13-6-4-11(10-21-13)15(25)19-8-2-1-3-9-20-17(28)22-12(16(26)27)5-7-14(23)24;18-14-11(5-4-10-19-14)15(25)20-8-2-1-3-9-21-17(28)22-12(16(26)27)6-7-13(23)24;18-12-6-9-19-10-11(12)15(25)20-7-2-1-3-8-21-17(28)22-13(16(26)27)4-5-14(23)24;18-12-8-11(9-19-10-12)15(25)20-6-2-1-3-7-21-17(28)22-13(16(26)27)4-5-14(23)24;4*2-1-3/h4,6,10,12H,1-3,5,7-9H2,(H,19,25)(H,23,24)(H,26,27)(H2,20,22,28);4-5,10,12H,1-3,6-9H2,(H,20,25)(H,23,24)(H,26,27)(H2,21,22,28);6,9-10,13H,1-5,7-8H2,(H,20,25)(H,23,24)(H,26,27)(H2,21,22,28);8-10,13H,1-7H2,(H,20,25)(H,23,24)(H,26,27)(H2,21,22,28);;;;/t2*12-;2*13-;;;;/m0000..../s1/i4*18-1;;;;. The lowest BCUT2D eigenvalue weighted by Gasteiger charge is -2.14. The van der Waals surface area contributed by atoms with Gasteiger partial charge in [-0.2, -0.15) is 47.1 Å². The molecule has 0 saturated carbocycles. The van der Waals surface area contributed by atoms with Gasteiger partial charge in [0.25, 0.3) is 23.6 Å². The summed E-state index contributed by atoms with van der Waals surface area (Å²) < 4.78 is 52.4. The Labute approximate surface area is 699 Å². The van der Waals surface area contributed by atoms with Crippen molar-refractivity contribution in [3.63, 3.8) is 0 Å². The van der Waals surface area contributed by atoms with Crippen LogP contribution >= 0.6 is 0 Å². The van der Waals surface area contributed by atoms with Crippen molar-refractivity contribution < 1.29 is 173 Å². The number of carboxylic acid groups (broad SMARTS) is 8. The van der Waals surface area contributed by atoms with E-state index in [1.807, 2.05) is 0 Å². The molecule has 0 aliphatic rings. The van der Waals surface area contributed by atoms with E-state index in [0.29, 0.717) is 116 Å². The average Bonchev–Trinajstić information content (AvgIpc) is 0.921. The van der Waals surface area contributed by atoms with Crippen molar-refractivity contribution in [1.82, 2.24) is 83.7 Å². The molecule has 0 aliphatic heterocycles. The number of aromatic nitrogens is 4. The predicted molar refractivity (Wildman–Crippen MR) is 401 cm³/mol. The number of nitrogens with zero attached hydrogens (tertiary/aromatic N) is 4. The van der Waals surface area contributed by atoms with Gasteiger partial charge in [0.2, 0.25) is 11.9 Å². The van der Waals surface area contributed by atoms with E-state index in [9.17, 15) is 94.3 Å². The molecule has 680 valence electrons. The molecule has 0 fully saturated rings. The zero-order chi connectivity index (χ0) is 94.6. The second kappa shape index (κ2) is 73.9. The number of carbonyl (C=O) groups is 16. The summed E-state index contributed by atoms with van der Waals surface area (Å²) in [5, 5.41) is 99.3. The molecule has 0 bridgehead atoms. The van der Waals surface area contributed by atoms with Crippen LogP contribution < -0.4 is 63.8 Å². The fourth-order valence-electron chi connectivity index (χ4n) is 8.80. The summed E-state index contributed by atoms with van der Waals surface area (Å²) >= 11 is 0. The summed E-state index contributed by atoms with van der Waals surface area (Å²) in [6.07, 6.45) is 13.3. The first kappa shape index (κ1) is 115. The first-order valence-electron chi connectivity index (χ1n) is 36.3. The number of carboxylic acids is 8. The number of rotatable bonds is 48. The molecule has 0 saturated heterocycles. The summed E-state index contributed by atoms with van der Waals surface area (Å²) in [5.74, 6) is -14.4. The average molecular weight is 1770 g/mol. The second-order valence-electron chi connectivity index (χ2n) is 24.0. The van der Waals surface area contributed by atoms with E-state index in [-0.39, 0.29) is 117 Å². The van der Waals surface area contributed by atoms with E-state index in [2.05, 4.69) is 83.7 Å². The molecule has 0 unspecified atom stereocenters. The molecule has 0 aliphatic carbocycles. The van der Waals surface area contributed by atoms with Crippen LogP contribution in [0.3, 0.4) is 0 Å². The number of carbonyl (C=O) groups excluding carboxylic acids is 16. The first-order chi connectivity index (χ1) is 58.9. The third kappa shape index (κ3) is 65.6. The summed E-state index contributed by atoms with van der Waals surface area (Å²) in [7, 11) is 0. The van der Waals surface area contributed by atoms with Gasteiger partial charge in [-0.15, -0.1) is 0 Å². The van der Waals surface area contributed by atoms with Crippen LogP contribution in [0.15, 0.2) is 73.6 Å². The van der Waals surface area contributed by atoms with Crippen LogP contribution in [-0.2, 0) is 76.7 Å². The molecular formula is C72H92F4N16O32. The number of pyridine rings is 4. The molecule has 0 aromatic carbocycles. The minimum Gasteiger partial charge on any atom is -0.481 e. The topological polar surface area (TPSA) is 767 Å². The van der Waals surface area contributed by atoms with Crippen LogP contribution in [-0.4, -0.2) is 257 Å². The van der Waals surface area contributed by atoms with Crippen LogP contribution in [0.2, 0.25) is 0 Å². The van der Waals surface area contributed by atoms with Gasteiger partial charge in [-0.1, -0.05) is 0 Å². The van der Waals surface area contributed by atoms with Crippen LogP contribution in [0.5, 0.6) is 0 Å². The van der Waals surface area contributed by atoms with Gasteiger partial charge in [0.15, 0.2) is 0 Å². The minimum atomic E-state index is -1.31. The molecule has 4 heterocycles. The molecule has 4 rings (SSSR count). The van der Waals surface area contributed by atoms with E-state index in [0.717, 1.165) is 36.8 Å². The molecule has 0 spiro atoms. The van der Waals surface area contributed by atoms with Gasteiger partial charge in [0.1, 0.15) is 35.8 Å². The third-order valence-electron chi connectivity index (χ3n) is 14.7. The van der Waals surface area contributed by atoms with Crippen molar-refractivity contribution in [2.45, 2.75) is 153 Å². The second-order valence-corrected chi connectivity index (χ2v) is 24.0. The Bertz CT molecular complexity index is 3990. The quantitative estimate of drug-likeness (QED) is 0.0164. The van der Waals surface area contributed by atoms with E-state index < -0.39 is 137 Å². The fraction of sp³-hybridized carbons (Fsp3) is 0.444. The molecular weight excluding hydrogens is 1670 g/mol. The lowest BCUT2D eigenvalue weighted by Crippen LogP contribution is -2.46. The summed E-state index contributed by atoms with van der Waals surface area (Å²) in [5.41, 5.74) is 0.137. The van der Waals surface area contributed by atoms with E-state index in [1.165, 1.54) is 36.8 Å². The SMILES string of the molecule is O=C(O)CC[C@H](NC(=O)NCCCCCNC(=O)c1ccc([18F])nc1)C(=O)O.O=C(O)CC[C@H](NC(=O)NCCCCCNC(=O)c1cccnc1[18F])C(=O)O.O=C(O)CC[C@H](NC(=O)NCCCCCNC(=O)c1cncc([18F])c1)C(=O)O.O=C(O)CC[C@H](NC(=O)NCCCCCNC(=O)c1cnccc1[18F])C(=O)O.O=C=O.O=C=O.O=C=O.O=C=O. The zero-order valence-corrected chi connectivity index (χ0v) is 65.7. The maximum atomic E-state index is 13.4. The molecule has 4 aromatic heterocycles. The zero-order valence-electron chi connectivity index (χ0n) is 65.7. The number of nitrogens with one attached hydrogen (secondary N) is 12. The highest BCUT2D eigenvalue weighted by atomic mass is 18.2. The van der Waals surface area contributed by atoms with Gasteiger partial charge in [0.05, 0.1) is 28.5 Å². The maximum Gasteiger partial charge on any atom is 0.373 e. The smallest absolute Gasteiger partial charge is 0.373 e. The van der Waals surface area contributed by atoms with Crippen molar-refractivity contribution >= 4 is 120 Å². The van der Waals surface area contributed by atoms with Crippen molar-refractivity contribution in [1.29, 1.82) is 0 Å². The largest absolute Gasteiger partial charge is 0.481 e. The number of aliphatic carboxylic acids is 8. The highest BCUT2D eigenvalue weighted by molar-refractivity contribution is 5.96. The van der Waals surface area contributed by atoms with Crippen molar-refractivity contribution in [3.05, 3.63) is 119 Å². The lowest BCUT2D eigenvalue weighted by atomic mass is 10.1. The van der Waals surface area contributed by atoms with Gasteiger partial charge in [-0.25, -0.2) is 57.1 Å². The highest BCUT2D eigenvalue weighted by Crippen LogP contribution is 2.09. The van der Waals surface area contributed by atoms with Crippen LogP contribution in [0.1, 0.15) is 170 Å². The molecule has 4 atom stereocenters. The van der Waals surface area contributed by atoms with Gasteiger partial charge in [-0.3, -0.25) is 48.3 Å². The van der Waals surface area contributed by atoms with Crippen molar-refractivity contribution in [3.8, 4) is 0 Å². The number of amides is 12. The van der Waals surface area contributed by atoms with Gasteiger partial charge >= 0.3 is 96.5 Å². The Morgan fingerprint density at radius 2 is 0.629 bits per heavy atom. The van der Waals surface area contributed by atoms with Gasteiger partial charge in [0, 0.05) is 109 Å². The normalized spacial score (nSPS) is 10.5. The minimum absolute atomic E-state index is 0.128. The van der Waals surface area contributed by atoms with Crippen molar-refractivity contribution in [2.75, 3.05) is 52.4 Å². The Hall–Kier alpha value is -15.4. The Balaban J connectivity index is -0.000000740. The van der Waals surface area contributed by atoms with Crippen LogP contribution in [0.25, 0.3) is 0 Å². The molecule has 52 heteroatoms. The Kier molecular flexibility index (Phi) is 68.5. The fourth-order valence-corrected chi connectivity index (χ4v) is 8.80.